The van der Waals surface area contributed by atoms with Crippen molar-refractivity contribution in [2.24, 2.45) is 0 Å². The van der Waals surface area contributed by atoms with Crippen molar-refractivity contribution in [2.45, 2.75) is 6.61 Å². The number of hydrogen-bond acceptors (Lipinski definition) is 6. The first-order chi connectivity index (χ1) is 11.3. The average molecular weight is 313 g/mol. The topological polar surface area (TPSA) is 67.5 Å². The molecule has 2 N–H and O–H groups in total. The molecule has 23 heavy (non-hydrogen) atoms. The highest BCUT2D eigenvalue weighted by Crippen LogP contribution is 2.14. The first-order valence-electron chi connectivity index (χ1n) is 7.98. The van der Waals surface area contributed by atoms with E-state index in [-0.39, 0.29) is 0 Å². The minimum atomic E-state index is 0.520. The summed E-state index contributed by atoms with van der Waals surface area (Å²) in [6, 6.07) is 12.1. The highest BCUT2D eigenvalue weighted by atomic mass is 16.5. The van der Waals surface area contributed by atoms with Crippen LogP contribution in [0.5, 0.6) is 0 Å². The van der Waals surface area contributed by atoms with E-state index in [1.54, 1.807) is 0 Å². The van der Waals surface area contributed by atoms with E-state index in [2.05, 4.69) is 31.9 Å². The molecule has 2 aromatic rings. The average Bonchev–Trinajstić information content (AvgIpc) is 2.60. The molecular formula is C17H23N5O. The summed E-state index contributed by atoms with van der Waals surface area (Å²) in [5.41, 5.74) is 6.94. The van der Waals surface area contributed by atoms with Gasteiger partial charge in [0.05, 0.1) is 13.2 Å². The lowest BCUT2D eigenvalue weighted by atomic mass is 10.2. The molecule has 122 valence electrons. The number of anilines is 2. The summed E-state index contributed by atoms with van der Waals surface area (Å²) >= 11 is 0. The molecule has 2 heterocycles. The van der Waals surface area contributed by atoms with Crippen molar-refractivity contribution < 1.29 is 4.74 Å². The molecule has 0 saturated carbocycles. The van der Waals surface area contributed by atoms with Crippen molar-refractivity contribution in [3.8, 4) is 0 Å². The zero-order chi connectivity index (χ0) is 15.9. The van der Waals surface area contributed by atoms with E-state index < -0.39 is 0 Å². The number of nitrogens with zero attached hydrogens (tertiary/aromatic N) is 4. The second kappa shape index (κ2) is 7.89. The summed E-state index contributed by atoms with van der Waals surface area (Å²) in [5.74, 6) is 1.43. The van der Waals surface area contributed by atoms with Gasteiger partial charge < -0.3 is 15.4 Å². The van der Waals surface area contributed by atoms with E-state index >= 15 is 0 Å². The van der Waals surface area contributed by atoms with Gasteiger partial charge in [-0.2, -0.15) is 0 Å². The van der Waals surface area contributed by atoms with Crippen LogP contribution in [0.4, 0.5) is 11.6 Å². The second-order valence-corrected chi connectivity index (χ2v) is 5.67. The van der Waals surface area contributed by atoms with Gasteiger partial charge in [-0.25, -0.2) is 9.97 Å². The van der Waals surface area contributed by atoms with Gasteiger partial charge in [0.25, 0.3) is 0 Å². The predicted octanol–water partition coefficient (Wildman–Crippen LogP) is 1.40. The van der Waals surface area contributed by atoms with Gasteiger partial charge in [-0.15, -0.1) is 0 Å². The third-order valence-corrected chi connectivity index (χ3v) is 4.03. The molecule has 6 nitrogen and oxygen atoms in total. The largest absolute Gasteiger partial charge is 0.384 e. The van der Waals surface area contributed by atoms with Crippen LogP contribution in [0.25, 0.3) is 0 Å². The Labute approximate surface area is 136 Å². The maximum absolute atomic E-state index is 5.76. The quantitative estimate of drug-likeness (QED) is 0.813. The van der Waals surface area contributed by atoms with E-state index in [1.807, 2.05) is 24.3 Å². The standard InChI is InChI=1S/C17H23N5O/c18-16-12-17(20-14-19-16)22-8-6-21(7-9-22)10-11-23-13-15-4-2-1-3-5-15/h1-5,12,14H,6-11,13H2,(H2,18,19,20). The predicted molar refractivity (Wildman–Crippen MR) is 91.2 cm³/mol. The molecule has 1 saturated heterocycles. The fraction of sp³-hybridized carbons (Fsp3) is 0.412. The van der Waals surface area contributed by atoms with Crippen LogP contribution in [0, 0.1) is 0 Å². The van der Waals surface area contributed by atoms with Crippen molar-refractivity contribution in [1.29, 1.82) is 0 Å². The van der Waals surface area contributed by atoms with E-state index in [1.165, 1.54) is 11.9 Å². The lowest BCUT2D eigenvalue weighted by molar-refractivity contribution is 0.0906. The van der Waals surface area contributed by atoms with Crippen LogP contribution in [0.2, 0.25) is 0 Å². The summed E-state index contributed by atoms with van der Waals surface area (Å²) in [6.07, 6.45) is 1.52. The molecule has 6 heteroatoms. The minimum absolute atomic E-state index is 0.520. The number of aromatic nitrogens is 2. The zero-order valence-corrected chi connectivity index (χ0v) is 13.3. The van der Waals surface area contributed by atoms with E-state index in [4.69, 9.17) is 10.5 Å². The number of piperazine rings is 1. The number of benzene rings is 1. The van der Waals surface area contributed by atoms with Gasteiger partial charge in [0.2, 0.25) is 0 Å². The maximum atomic E-state index is 5.76. The van der Waals surface area contributed by atoms with Crippen molar-refractivity contribution in [3.63, 3.8) is 0 Å². The van der Waals surface area contributed by atoms with Gasteiger partial charge >= 0.3 is 0 Å². The van der Waals surface area contributed by atoms with Crippen molar-refractivity contribution in [1.82, 2.24) is 14.9 Å². The Hall–Kier alpha value is -2.18. The third-order valence-electron chi connectivity index (χ3n) is 4.03. The Morgan fingerprint density at radius 1 is 1.04 bits per heavy atom. The maximum Gasteiger partial charge on any atom is 0.134 e. The molecule has 1 aromatic heterocycles. The Bertz CT molecular complexity index is 599. The number of nitrogen functional groups attached to an aromatic ring is 1. The highest BCUT2D eigenvalue weighted by Gasteiger charge is 2.17. The summed E-state index contributed by atoms with van der Waals surface area (Å²) < 4.78 is 5.76. The first kappa shape index (κ1) is 15.7. The normalized spacial score (nSPS) is 15.7. The van der Waals surface area contributed by atoms with Gasteiger partial charge in [-0.05, 0) is 5.56 Å². The molecule has 1 fully saturated rings. The fourth-order valence-electron chi connectivity index (χ4n) is 2.69. The van der Waals surface area contributed by atoms with E-state index in [9.17, 15) is 0 Å². The van der Waals surface area contributed by atoms with Crippen LogP contribution < -0.4 is 10.6 Å². The summed E-state index contributed by atoms with van der Waals surface area (Å²) in [5, 5.41) is 0. The Morgan fingerprint density at radius 3 is 2.57 bits per heavy atom. The number of hydrogen-bond donors (Lipinski definition) is 1. The van der Waals surface area contributed by atoms with Crippen LogP contribution in [-0.2, 0) is 11.3 Å². The lowest BCUT2D eigenvalue weighted by Crippen LogP contribution is -2.47. The molecule has 0 spiro atoms. The number of ether oxygens (including phenoxy) is 1. The highest BCUT2D eigenvalue weighted by molar-refractivity contribution is 5.46. The summed E-state index contributed by atoms with van der Waals surface area (Å²) in [4.78, 5) is 12.9. The van der Waals surface area contributed by atoms with Gasteiger partial charge in [0.15, 0.2) is 0 Å². The molecule has 0 unspecified atom stereocenters. The van der Waals surface area contributed by atoms with Crippen molar-refractivity contribution >= 4 is 11.6 Å². The lowest BCUT2D eigenvalue weighted by Gasteiger charge is -2.35. The molecule has 0 atom stereocenters. The van der Waals surface area contributed by atoms with Crippen LogP contribution in [0.3, 0.4) is 0 Å². The molecule has 1 aliphatic heterocycles. The van der Waals surface area contributed by atoms with Gasteiger partial charge in [0.1, 0.15) is 18.0 Å². The van der Waals surface area contributed by atoms with Crippen LogP contribution >= 0.6 is 0 Å². The summed E-state index contributed by atoms with van der Waals surface area (Å²) in [6.45, 7) is 6.34. The Balaban J connectivity index is 1.36. The van der Waals surface area contributed by atoms with Crippen molar-refractivity contribution in [3.05, 3.63) is 48.3 Å². The van der Waals surface area contributed by atoms with Gasteiger partial charge in [0, 0.05) is 38.8 Å². The molecular weight excluding hydrogens is 290 g/mol. The molecule has 0 bridgehead atoms. The SMILES string of the molecule is Nc1cc(N2CCN(CCOCc3ccccc3)CC2)ncn1. The fourth-order valence-corrected chi connectivity index (χ4v) is 2.69. The Kier molecular flexibility index (Phi) is 5.39. The summed E-state index contributed by atoms with van der Waals surface area (Å²) in [7, 11) is 0. The molecule has 1 aliphatic rings. The first-order valence-corrected chi connectivity index (χ1v) is 7.98. The zero-order valence-electron chi connectivity index (χ0n) is 13.3. The number of rotatable bonds is 6. The third kappa shape index (κ3) is 4.64. The monoisotopic (exact) mass is 313 g/mol. The van der Waals surface area contributed by atoms with Crippen LogP contribution in [-0.4, -0.2) is 54.2 Å². The molecule has 0 amide bonds. The second-order valence-electron chi connectivity index (χ2n) is 5.67. The van der Waals surface area contributed by atoms with E-state index in [0.717, 1.165) is 45.1 Å². The minimum Gasteiger partial charge on any atom is -0.384 e. The van der Waals surface area contributed by atoms with Gasteiger partial charge in [-0.1, -0.05) is 30.3 Å². The molecule has 3 rings (SSSR count). The smallest absolute Gasteiger partial charge is 0.134 e. The molecule has 0 aliphatic carbocycles. The Morgan fingerprint density at radius 2 is 1.83 bits per heavy atom. The van der Waals surface area contributed by atoms with Gasteiger partial charge in [-0.3, -0.25) is 4.90 Å². The van der Waals surface area contributed by atoms with Crippen LogP contribution in [0.1, 0.15) is 5.56 Å². The molecule has 1 aromatic carbocycles. The van der Waals surface area contributed by atoms with E-state index in [0.29, 0.717) is 12.4 Å². The molecule has 0 radical (unpaired) electrons. The van der Waals surface area contributed by atoms with Crippen molar-refractivity contribution in [2.75, 3.05) is 50.0 Å². The number of nitrogens with two attached hydrogens (primary N) is 1. The van der Waals surface area contributed by atoms with Crippen LogP contribution in [0.15, 0.2) is 42.7 Å².